The zero-order chi connectivity index (χ0) is 15.3. The predicted molar refractivity (Wildman–Crippen MR) is 85.4 cm³/mol. The van der Waals surface area contributed by atoms with E-state index >= 15 is 0 Å². The Morgan fingerprint density at radius 1 is 1.20 bits per heavy atom. The van der Waals surface area contributed by atoms with Crippen LogP contribution in [0.15, 0.2) is 0 Å². The molecule has 2 N–H and O–H groups in total. The second kappa shape index (κ2) is 7.44. The van der Waals surface area contributed by atoms with E-state index in [-0.39, 0.29) is 11.5 Å². The van der Waals surface area contributed by atoms with Gasteiger partial charge in [0.25, 0.3) is 0 Å². The maximum Gasteiger partial charge on any atom is 0.228 e. The van der Waals surface area contributed by atoms with E-state index in [2.05, 4.69) is 27.7 Å². The van der Waals surface area contributed by atoms with Gasteiger partial charge in [-0.3, -0.25) is 4.79 Å². The normalized spacial score (nSPS) is 19.6. The third kappa shape index (κ3) is 4.47. The minimum Gasteiger partial charge on any atom is -0.345 e. The van der Waals surface area contributed by atoms with Crippen LogP contribution in [-0.4, -0.2) is 30.4 Å². The number of nitrogens with two attached hydrogens (primary N) is 1. The van der Waals surface area contributed by atoms with Gasteiger partial charge in [0, 0.05) is 25.0 Å². The van der Waals surface area contributed by atoms with Crippen LogP contribution < -0.4 is 5.73 Å². The van der Waals surface area contributed by atoms with Crippen molar-refractivity contribution < 1.29 is 4.79 Å². The van der Waals surface area contributed by atoms with Crippen molar-refractivity contribution in [3.8, 4) is 0 Å². The summed E-state index contributed by atoms with van der Waals surface area (Å²) in [5, 5.41) is 0. The third-order valence-electron chi connectivity index (χ3n) is 4.81. The molecule has 1 rings (SSSR count). The zero-order valence-corrected chi connectivity index (χ0v) is 14.1. The second-order valence-corrected chi connectivity index (χ2v) is 7.51. The first-order valence-corrected chi connectivity index (χ1v) is 8.29. The zero-order valence-electron chi connectivity index (χ0n) is 14.1. The lowest BCUT2D eigenvalue weighted by molar-refractivity contribution is -0.141. The fraction of sp³-hybridized carbons (Fsp3) is 0.941. The Morgan fingerprint density at radius 2 is 1.75 bits per heavy atom. The molecule has 1 atom stereocenters. The quantitative estimate of drug-likeness (QED) is 0.777. The number of carbonyl (C=O) groups excluding carboxylic acids is 1. The lowest BCUT2D eigenvalue weighted by Crippen LogP contribution is -2.43. The number of rotatable bonds is 7. The van der Waals surface area contributed by atoms with Crippen molar-refractivity contribution in [1.29, 1.82) is 0 Å². The molecule has 0 bridgehead atoms. The smallest absolute Gasteiger partial charge is 0.228 e. The molecule has 1 saturated carbocycles. The molecule has 0 heterocycles. The molecule has 3 heteroatoms. The molecule has 0 aromatic carbocycles. The van der Waals surface area contributed by atoms with E-state index in [0.717, 1.165) is 32.2 Å². The number of nitrogens with zero attached hydrogens (tertiary/aromatic N) is 1. The Balaban J connectivity index is 2.61. The van der Waals surface area contributed by atoms with Crippen molar-refractivity contribution in [3.05, 3.63) is 0 Å². The number of hydrogen-bond donors (Lipinski definition) is 1. The van der Waals surface area contributed by atoms with Crippen molar-refractivity contribution in [3.63, 3.8) is 0 Å². The van der Waals surface area contributed by atoms with Crippen LogP contribution in [0.5, 0.6) is 0 Å². The van der Waals surface area contributed by atoms with Gasteiger partial charge >= 0.3 is 0 Å². The van der Waals surface area contributed by atoms with Crippen LogP contribution in [0.2, 0.25) is 0 Å². The van der Waals surface area contributed by atoms with Crippen molar-refractivity contribution in [2.24, 2.45) is 23.0 Å². The number of hydrogen-bond acceptors (Lipinski definition) is 2. The highest BCUT2D eigenvalue weighted by molar-refractivity contribution is 5.82. The van der Waals surface area contributed by atoms with E-state index in [0.29, 0.717) is 17.7 Å². The summed E-state index contributed by atoms with van der Waals surface area (Å²) in [6, 6.07) is 0.190. The average Bonchev–Trinajstić information content (AvgIpc) is 2.83. The van der Waals surface area contributed by atoms with Gasteiger partial charge in [-0.25, -0.2) is 0 Å². The predicted octanol–water partition coefficient (Wildman–Crippen LogP) is 3.42. The summed E-state index contributed by atoms with van der Waals surface area (Å²) in [7, 11) is 1.95. The summed E-state index contributed by atoms with van der Waals surface area (Å²) in [5.41, 5.74) is 6.02. The Morgan fingerprint density at radius 3 is 2.20 bits per heavy atom. The van der Waals surface area contributed by atoms with E-state index < -0.39 is 0 Å². The van der Waals surface area contributed by atoms with Gasteiger partial charge in [-0.05, 0) is 37.5 Å². The van der Waals surface area contributed by atoms with Crippen molar-refractivity contribution in [2.45, 2.75) is 72.3 Å². The van der Waals surface area contributed by atoms with Crippen LogP contribution in [0.25, 0.3) is 0 Å². The van der Waals surface area contributed by atoms with Crippen molar-refractivity contribution >= 4 is 5.91 Å². The number of carbonyl (C=O) groups is 1. The van der Waals surface area contributed by atoms with Gasteiger partial charge < -0.3 is 10.6 Å². The standard InChI is InChI=1S/C17H34N2O/c1-13(2)12-17(9-6-7-10-17)16(20)19(5)11-8-15(18)14(3)4/h13-15H,6-12,18H2,1-5H3. The highest BCUT2D eigenvalue weighted by Gasteiger charge is 2.42. The average molecular weight is 282 g/mol. The first kappa shape index (κ1) is 17.5. The lowest BCUT2D eigenvalue weighted by Gasteiger charge is -2.34. The van der Waals surface area contributed by atoms with Crippen LogP contribution in [0.1, 0.15) is 66.2 Å². The first-order chi connectivity index (χ1) is 9.28. The van der Waals surface area contributed by atoms with Gasteiger partial charge in [0.1, 0.15) is 0 Å². The van der Waals surface area contributed by atoms with Crippen molar-refractivity contribution in [1.82, 2.24) is 4.90 Å². The van der Waals surface area contributed by atoms with Gasteiger partial charge in [0.2, 0.25) is 5.91 Å². The molecule has 1 aliphatic rings. The minimum atomic E-state index is -0.0785. The topological polar surface area (TPSA) is 46.3 Å². The molecular weight excluding hydrogens is 248 g/mol. The molecule has 1 aliphatic carbocycles. The maximum atomic E-state index is 12.9. The summed E-state index contributed by atoms with van der Waals surface area (Å²) in [5.74, 6) is 1.43. The fourth-order valence-corrected chi connectivity index (χ4v) is 3.52. The molecule has 0 aliphatic heterocycles. The lowest BCUT2D eigenvalue weighted by atomic mass is 9.77. The molecule has 0 spiro atoms. The second-order valence-electron chi connectivity index (χ2n) is 7.51. The Kier molecular flexibility index (Phi) is 6.50. The van der Waals surface area contributed by atoms with E-state index in [1.54, 1.807) is 0 Å². The van der Waals surface area contributed by atoms with E-state index in [9.17, 15) is 4.79 Å². The highest BCUT2D eigenvalue weighted by Crippen LogP contribution is 2.44. The molecular formula is C17H34N2O. The Hall–Kier alpha value is -0.570. The highest BCUT2D eigenvalue weighted by atomic mass is 16.2. The van der Waals surface area contributed by atoms with E-state index in [1.165, 1.54) is 12.8 Å². The molecule has 3 nitrogen and oxygen atoms in total. The first-order valence-electron chi connectivity index (χ1n) is 8.29. The van der Waals surface area contributed by atoms with E-state index in [1.807, 2.05) is 11.9 Å². The Labute approximate surface area is 125 Å². The van der Waals surface area contributed by atoms with Crippen LogP contribution in [-0.2, 0) is 4.79 Å². The summed E-state index contributed by atoms with van der Waals surface area (Å²) < 4.78 is 0. The largest absolute Gasteiger partial charge is 0.345 e. The van der Waals surface area contributed by atoms with Crippen LogP contribution >= 0.6 is 0 Å². The summed E-state index contributed by atoms with van der Waals surface area (Å²) in [6.45, 7) is 9.52. The summed E-state index contributed by atoms with van der Waals surface area (Å²) >= 11 is 0. The van der Waals surface area contributed by atoms with Gasteiger partial charge in [-0.2, -0.15) is 0 Å². The molecule has 1 amide bonds. The molecule has 0 aromatic heterocycles. The van der Waals surface area contributed by atoms with Gasteiger partial charge in [0.05, 0.1) is 0 Å². The van der Waals surface area contributed by atoms with Gasteiger partial charge in [-0.15, -0.1) is 0 Å². The number of amides is 1. The van der Waals surface area contributed by atoms with E-state index in [4.69, 9.17) is 5.73 Å². The van der Waals surface area contributed by atoms with Crippen LogP contribution in [0, 0.1) is 17.3 Å². The monoisotopic (exact) mass is 282 g/mol. The molecule has 0 saturated heterocycles. The Bertz CT molecular complexity index is 306. The summed E-state index contributed by atoms with van der Waals surface area (Å²) in [6.07, 6.45) is 6.49. The van der Waals surface area contributed by atoms with Gasteiger partial charge in [0.15, 0.2) is 0 Å². The molecule has 1 unspecified atom stereocenters. The van der Waals surface area contributed by atoms with Crippen LogP contribution in [0.4, 0.5) is 0 Å². The summed E-state index contributed by atoms with van der Waals surface area (Å²) in [4.78, 5) is 14.8. The molecule has 0 aromatic rings. The van der Waals surface area contributed by atoms with Crippen molar-refractivity contribution in [2.75, 3.05) is 13.6 Å². The van der Waals surface area contributed by atoms with Crippen LogP contribution in [0.3, 0.4) is 0 Å². The SMILES string of the molecule is CC(C)CC1(C(=O)N(C)CCC(N)C(C)C)CCCC1. The molecule has 118 valence electrons. The molecule has 0 radical (unpaired) electrons. The minimum absolute atomic E-state index is 0.0785. The maximum absolute atomic E-state index is 12.9. The fourth-order valence-electron chi connectivity index (χ4n) is 3.52. The molecule has 20 heavy (non-hydrogen) atoms. The molecule has 1 fully saturated rings. The third-order valence-corrected chi connectivity index (χ3v) is 4.81. The van der Waals surface area contributed by atoms with Gasteiger partial charge in [-0.1, -0.05) is 40.5 Å².